The van der Waals surface area contributed by atoms with Crippen LogP contribution in [0.15, 0.2) is 24.3 Å². The van der Waals surface area contributed by atoms with Gasteiger partial charge < -0.3 is 10.6 Å². The van der Waals surface area contributed by atoms with E-state index in [1.54, 1.807) is 0 Å². The molecule has 2 nitrogen and oxygen atoms in total. The summed E-state index contributed by atoms with van der Waals surface area (Å²) >= 11 is 0. The highest BCUT2D eigenvalue weighted by Crippen LogP contribution is 2.27. The van der Waals surface area contributed by atoms with Gasteiger partial charge in [0.05, 0.1) is 0 Å². The van der Waals surface area contributed by atoms with E-state index in [1.165, 1.54) is 50.8 Å². The fraction of sp³-hybridized carbons (Fsp3) is 0.625. The summed E-state index contributed by atoms with van der Waals surface area (Å²) in [5, 5.41) is 0. The van der Waals surface area contributed by atoms with E-state index in [2.05, 4.69) is 24.0 Å². The summed E-state index contributed by atoms with van der Waals surface area (Å²) in [4.78, 5) is 2.68. The Bertz CT molecular complexity index is 358. The van der Waals surface area contributed by atoms with Crippen molar-refractivity contribution in [1.82, 2.24) is 4.90 Å². The lowest BCUT2D eigenvalue weighted by molar-refractivity contribution is 0.256. The molecule has 1 aromatic rings. The SMILES string of the molecule is CCCCN(CCCc1ccccc1N)C1CC1. The maximum absolute atomic E-state index is 5.98. The molecule has 0 spiro atoms. The van der Waals surface area contributed by atoms with Crippen molar-refractivity contribution in [2.24, 2.45) is 0 Å². The number of para-hydroxylation sites is 1. The van der Waals surface area contributed by atoms with Crippen LogP contribution in [0.25, 0.3) is 0 Å². The minimum absolute atomic E-state index is 0.893. The van der Waals surface area contributed by atoms with Crippen molar-refractivity contribution in [2.75, 3.05) is 18.8 Å². The Labute approximate surface area is 111 Å². The van der Waals surface area contributed by atoms with Crippen molar-refractivity contribution in [2.45, 2.75) is 51.5 Å². The monoisotopic (exact) mass is 246 g/mol. The highest BCUT2D eigenvalue weighted by Gasteiger charge is 2.27. The third kappa shape index (κ3) is 4.02. The summed E-state index contributed by atoms with van der Waals surface area (Å²) in [7, 11) is 0. The zero-order valence-corrected chi connectivity index (χ0v) is 11.6. The van der Waals surface area contributed by atoms with Crippen LogP contribution in [0, 0.1) is 0 Å². The standard InChI is InChI=1S/C16H26N2/c1-2-3-12-18(15-10-11-15)13-6-8-14-7-4-5-9-16(14)17/h4-5,7,9,15H,2-3,6,8,10-13,17H2,1H3. The van der Waals surface area contributed by atoms with Crippen LogP contribution < -0.4 is 5.73 Å². The van der Waals surface area contributed by atoms with Crippen LogP contribution in [0.1, 0.15) is 44.6 Å². The van der Waals surface area contributed by atoms with Crippen LogP contribution in [0.5, 0.6) is 0 Å². The van der Waals surface area contributed by atoms with Crippen LogP contribution in [0.2, 0.25) is 0 Å². The van der Waals surface area contributed by atoms with Gasteiger partial charge in [-0.2, -0.15) is 0 Å². The van der Waals surface area contributed by atoms with Crippen molar-refractivity contribution >= 4 is 5.69 Å². The molecule has 2 N–H and O–H groups in total. The molecule has 0 amide bonds. The van der Waals surface area contributed by atoms with Crippen molar-refractivity contribution in [3.63, 3.8) is 0 Å². The number of aryl methyl sites for hydroxylation is 1. The average molecular weight is 246 g/mol. The Hall–Kier alpha value is -1.02. The predicted molar refractivity (Wildman–Crippen MR) is 78.7 cm³/mol. The summed E-state index contributed by atoms with van der Waals surface area (Å²) in [6, 6.07) is 9.15. The summed E-state index contributed by atoms with van der Waals surface area (Å²) in [6.07, 6.45) is 7.81. The first kappa shape index (κ1) is 13.4. The number of nitrogens with two attached hydrogens (primary N) is 1. The summed E-state index contributed by atoms with van der Waals surface area (Å²) in [5.41, 5.74) is 8.23. The highest BCUT2D eigenvalue weighted by atomic mass is 15.2. The van der Waals surface area contributed by atoms with Gasteiger partial charge in [-0.25, -0.2) is 0 Å². The van der Waals surface area contributed by atoms with Crippen LogP contribution in [0.4, 0.5) is 5.69 Å². The lowest BCUT2D eigenvalue weighted by Gasteiger charge is -2.21. The van der Waals surface area contributed by atoms with Gasteiger partial charge in [-0.15, -0.1) is 0 Å². The first-order valence-electron chi connectivity index (χ1n) is 7.38. The minimum Gasteiger partial charge on any atom is -0.399 e. The zero-order valence-electron chi connectivity index (χ0n) is 11.6. The van der Waals surface area contributed by atoms with Crippen LogP contribution in [0.3, 0.4) is 0 Å². The Morgan fingerprint density at radius 3 is 2.56 bits per heavy atom. The van der Waals surface area contributed by atoms with Crippen LogP contribution >= 0.6 is 0 Å². The second-order valence-corrected chi connectivity index (χ2v) is 5.42. The van der Waals surface area contributed by atoms with Crippen molar-refractivity contribution in [3.8, 4) is 0 Å². The number of rotatable bonds is 8. The molecule has 2 rings (SSSR count). The number of anilines is 1. The molecule has 0 aromatic heterocycles. The van der Waals surface area contributed by atoms with Crippen LogP contribution in [-0.4, -0.2) is 24.0 Å². The molecule has 18 heavy (non-hydrogen) atoms. The molecule has 100 valence electrons. The van der Waals surface area contributed by atoms with E-state index in [0.29, 0.717) is 0 Å². The molecular weight excluding hydrogens is 220 g/mol. The lowest BCUT2D eigenvalue weighted by Crippen LogP contribution is -2.28. The molecule has 0 heterocycles. The average Bonchev–Trinajstić information content (AvgIpc) is 3.20. The Morgan fingerprint density at radius 1 is 1.17 bits per heavy atom. The third-order valence-electron chi connectivity index (χ3n) is 3.81. The fourth-order valence-electron chi connectivity index (χ4n) is 2.51. The summed E-state index contributed by atoms with van der Waals surface area (Å²) < 4.78 is 0. The van der Waals surface area contributed by atoms with Crippen LogP contribution in [-0.2, 0) is 6.42 Å². The number of benzene rings is 1. The van der Waals surface area contributed by atoms with Crippen molar-refractivity contribution in [3.05, 3.63) is 29.8 Å². The highest BCUT2D eigenvalue weighted by molar-refractivity contribution is 5.46. The molecule has 0 unspecified atom stereocenters. The van der Waals surface area contributed by atoms with Gasteiger partial charge >= 0.3 is 0 Å². The number of nitrogens with zero attached hydrogens (tertiary/aromatic N) is 1. The van der Waals surface area contributed by atoms with Crippen molar-refractivity contribution < 1.29 is 0 Å². The number of hydrogen-bond donors (Lipinski definition) is 1. The maximum Gasteiger partial charge on any atom is 0.0346 e. The Morgan fingerprint density at radius 2 is 1.89 bits per heavy atom. The minimum atomic E-state index is 0.893. The first-order chi connectivity index (χ1) is 8.81. The van der Waals surface area contributed by atoms with Crippen molar-refractivity contribution in [1.29, 1.82) is 0 Å². The zero-order chi connectivity index (χ0) is 12.8. The molecule has 0 atom stereocenters. The van der Waals surface area contributed by atoms with Gasteiger partial charge in [0, 0.05) is 11.7 Å². The van der Waals surface area contributed by atoms with E-state index in [9.17, 15) is 0 Å². The predicted octanol–water partition coefficient (Wildman–Crippen LogP) is 3.47. The normalized spacial score (nSPS) is 15.2. The maximum atomic E-state index is 5.98. The second-order valence-electron chi connectivity index (χ2n) is 5.42. The molecule has 1 aromatic carbocycles. The van der Waals surface area contributed by atoms with E-state index in [4.69, 9.17) is 5.73 Å². The van der Waals surface area contributed by atoms with E-state index in [-0.39, 0.29) is 0 Å². The molecule has 1 aliphatic carbocycles. The van der Waals surface area contributed by atoms with Gasteiger partial charge in [0.15, 0.2) is 0 Å². The van der Waals surface area contributed by atoms with Gasteiger partial charge in [-0.05, 0) is 56.8 Å². The first-order valence-corrected chi connectivity index (χ1v) is 7.38. The van der Waals surface area contributed by atoms with Gasteiger partial charge in [0.1, 0.15) is 0 Å². The number of nitrogen functional groups attached to an aromatic ring is 1. The molecule has 0 aliphatic heterocycles. The van der Waals surface area contributed by atoms with E-state index >= 15 is 0 Å². The Kier molecular flexibility index (Phi) is 5.06. The number of hydrogen-bond acceptors (Lipinski definition) is 2. The van der Waals surface area contributed by atoms with E-state index in [1.807, 2.05) is 12.1 Å². The van der Waals surface area contributed by atoms with Gasteiger partial charge in [-0.1, -0.05) is 31.5 Å². The molecule has 1 fully saturated rings. The quantitative estimate of drug-likeness (QED) is 0.712. The summed E-state index contributed by atoms with van der Waals surface area (Å²) in [5.74, 6) is 0. The largest absolute Gasteiger partial charge is 0.399 e. The fourth-order valence-corrected chi connectivity index (χ4v) is 2.51. The van der Waals surface area contributed by atoms with E-state index < -0.39 is 0 Å². The number of unbranched alkanes of at least 4 members (excludes halogenated alkanes) is 1. The second kappa shape index (κ2) is 6.79. The molecule has 0 radical (unpaired) electrons. The molecular formula is C16H26N2. The molecule has 2 heteroatoms. The van der Waals surface area contributed by atoms with Gasteiger partial charge in [-0.3, -0.25) is 0 Å². The van der Waals surface area contributed by atoms with E-state index in [0.717, 1.165) is 18.2 Å². The smallest absolute Gasteiger partial charge is 0.0346 e. The van der Waals surface area contributed by atoms with Gasteiger partial charge in [0.2, 0.25) is 0 Å². The lowest BCUT2D eigenvalue weighted by atomic mass is 10.1. The third-order valence-corrected chi connectivity index (χ3v) is 3.81. The molecule has 0 bridgehead atoms. The topological polar surface area (TPSA) is 29.3 Å². The summed E-state index contributed by atoms with van der Waals surface area (Å²) in [6.45, 7) is 4.79. The van der Waals surface area contributed by atoms with Gasteiger partial charge in [0.25, 0.3) is 0 Å². The Balaban J connectivity index is 1.74. The molecule has 1 aliphatic rings. The molecule has 0 saturated heterocycles. The molecule has 1 saturated carbocycles.